The van der Waals surface area contributed by atoms with Gasteiger partial charge in [0.2, 0.25) is 5.91 Å². The molecule has 3 heteroatoms. The van der Waals surface area contributed by atoms with Gasteiger partial charge in [-0.05, 0) is 12.1 Å². The van der Waals surface area contributed by atoms with Gasteiger partial charge in [0, 0.05) is 20.6 Å². The standard InChI is InChI=1S/C12H16N2O/c1-9-8-13(2)10-6-4-5-7-11(10)14(3)12(9)15/h4-7,9H,8H2,1-3H3/t9-/m0/s1. The third-order valence-corrected chi connectivity index (χ3v) is 2.95. The third kappa shape index (κ3) is 1.58. The largest absolute Gasteiger partial charge is 0.372 e. The minimum atomic E-state index is 0.0485. The molecule has 0 radical (unpaired) electrons. The molecule has 0 unspecified atom stereocenters. The Hall–Kier alpha value is -1.51. The summed E-state index contributed by atoms with van der Waals surface area (Å²) in [6, 6.07) is 8.01. The molecule has 0 bridgehead atoms. The van der Waals surface area contributed by atoms with Crippen molar-refractivity contribution < 1.29 is 4.79 Å². The van der Waals surface area contributed by atoms with Crippen molar-refractivity contribution in [1.82, 2.24) is 0 Å². The maximum absolute atomic E-state index is 12.0. The Labute approximate surface area is 90.3 Å². The van der Waals surface area contributed by atoms with Gasteiger partial charge in [-0.3, -0.25) is 4.79 Å². The highest BCUT2D eigenvalue weighted by atomic mass is 16.2. The molecular weight excluding hydrogens is 188 g/mol. The number of hydrogen-bond acceptors (Lipinski definition) is 2. The van der Waals surface area contributed by atoms with E-state index in [1.807, 2.05) is 39.2 Å². The second-order valence-electron chi connectivity index (χ2n) is 4.17. The maximum Gasteiger partial charge on any atom is 0.231 e. The lowest BCUT2D eigenvalue weighted by atomic mass is 10.1. The number of carbonyl (C=O) groups excluding carboxylic acids is 1. The van der Waals surface area contributed by atoms with Crippen LogP contribution in [-0.4, -0.2) is 26.5 Å². The molecule has 0 saturated heterocycles. The van der Waals surface area contributed by atoms with E-state index in [2.05, 4.69) is 11.0 Å². The van der Waals surface area contributed by atoms with E-state index in [1.54, 1.807) is 4.90 Å². The van der Waals surface area contributed by atoms with E-state index in [0.29, 0.717) is 0 Å². The van der Waals surface area contributed by atoms with Gasteiger partial charge in [-0.1, -0.05) is 19.1 Å². The Balaban J connectivity index is 2.52. The monoisotopic (exact) mass is 204 g/mol. The molecule has 0 fully saturated rings. The van der Waals surface area contributed by atoms with E-state index in [0.717, 1.165) is 17.9 Å². The summed E-state index contributed by atoms with van der Waals surface area (Å²) < 4.78 is 0. The number of rotatable bonds is 0. The van der Waals surface area contributed by atoms with Gasteiger partial charge in [-0.25, -0.2) is 0 Å². The molecule has 2 rings (SSSR count). The van der Waals surface area contributed by atoms with Crippen molar-refractivity contribution in [2.75, 3.05) is 30.4 Å². The molecule has 0 N–H and O–H groups in total. The lowest BCUT2D eigenvalue weighted by Crippen LogP contribution is -2.33. The average Bonchev–Trinajstić information content (AvgIpc) is 2.33. The fourth-order valence-electron chi connectivity index (χ4n) is 2.11. The molecule has 0 spiro atoms. The van der Waals surface area contributed by atoms with Gasteiger partial charge in [0.1, 0.15) is 0 Å². The predicted molar refractivity (Wildman–Crippen MR) is 62.3 cm³/mol. The molecule has 1 amide bonds. The Morgan fingerprint density at radius 1 is 1.20 bits per heavy atom. The lowest BCUT2D eigenvalue weighted by molar-refractivity contribution is -0.121. The Bertz CT molecular complexity index is 389. The highest BCUT2D eigenvalue weighted by Crippen LogP contribution is 2.31. The maximum atomic E-state index is 12.0. The number of fused-ring (bicyclic) bond motifs is 1. The minimum absolute atomic E-state index is 0.0485. The van der Waals surface area contributed by atoms with Crippen molar-refractivity contribution in [1.29, 1.82) is 0 Å². The van der Waals surface area contributed by atoms with Crippen LogP contribution in [0.15, 0.2) is 24.3 Å². The average molecular weight is 204 g/mol. The number of amides is 1. The van der Waals surface area contributed by atoms with Gasteiger partial charge >= 0.3 is 0 Å². The second kappa shape index (κ2) is 3.57. The van der Waals surface area contributed by atoms with Crippen LogP contribution >= 0.6 is 0 Å². The number of hydrogen-bond donors (Lipinski definition) is 0. The van der Waals surface area contributed by atoms with Gasteiger partial charge in [0.05, 0.1) is 17.3 Å². The molecule has 3 nitrogen and oxygen atoms in total. The molecule has 80 valence electrons. The van der Waals surface area contributed by atoms with Gasteiger partial charge in [-0.2, -0.15) is 0 Å². The Kier molecular flexibility index (Phi) is 2.39. The zero-order valence-electron chi connectivity index (χ0n) is 9.40. The fourth-order valence-corrected chi connectivity index (χ4v) is 2.11. The molecule has 0 aromatic heterocycles. The number of nitrogens with zero attached hydrogens (tertiary/aromatic N) is 2. The molecule has 0 saturated carbocycles. The first-order valence-corrected chi connectivity index (χ1v) is 5.19. The summed E-state index contributed by atoms with van der Waals surface area (Å²) in [6.45, 7) is 2.75. The third-order valence-electron chi connectivity index (χ3n) is 2.95. The summed E-state index contributed by atoms with van der Waals surface area (Å²) in [7, 11) is 3.87. The van der Waals surface area contributed by atoms with E-state index >= 15 is 0 Å². The SMILES string of the molecule is C[C@H]1CN(C)c2ccccc2N(C)C1=O. The molecule has 15 heavy (non-hydrogen) atoms. The zero-order chi connectivity index (χ0) is 11.0. The van der Waals surface area contributed by atoms with Crippen LogP contribution in [-0.2, 0) is 4.79 Å². The minimum Gasteiger partial charge on any atom is -0.372 e. The first kappa shape index (κ1) is 10.0. The van der Waals surface area contributed by atoms with Crippen LogP contribution in [0.25, 0.3) is 0 Å². The molecule has 1 aliphatic heterocycles. The number of carbonyl (C=O) groups is 1. The van der Waals surface area contributed by atoms with Crippen molar-refractivity contribution in [3.63, 3.8) is 0 Å². The van der Waals surface area contributed by atoms with E-state index in [1.165, 1.54) is 0 Å². The van der Waals surface area contributed by atoms with E-state index in [4.69, 9.17) is 0 Å². The van der Waals surface area contributed by atoms with Crippen molar-refractivity contribution in [2.45, 2.75) is 6.92 Å². The Morgan fingerprint density at radius 2 is 1.80 bits per heavy atom. The summed E-state index contributed by atoms with van der Waals surface area (Å²) in [5.74, 6) is 0.235. The number of benzene rings is 1. The molecule has 0 aliphatic carbocycles. The smallest absolute Gasteiger partial charge is 0.231 e. The first-order chi connectivity index (χ1) is 7.11. The highest BCUT2D eigenvalue weighted by molar-refractivity contribution is 5.99. The molecule has 1 heterocycles. The van der Waals surface area contributed by atoms with Crippen molar-refractivity contribution >= 4 is 17.3 Å². The van der Waals surface area contributed by atoms with Gasteiger partial charge < -0.3 is 9.80 Å². The fraction of sp³-hybridized carbons (Fsp3) is 0.417. The predicted octanol–water partition coefficient (Wildman–Crippen LogP) is 1.74. The van der Waals surface area contributed by atoms with Crippen molar-refractivity contribution in [2.24, 2.45) is 5.92 Å². The first-order valence-electron chi connectivity index (χ1n) is 5.19. The summed E-state index contributed by atoms with van der Waals surface area (Å²) in [4.78, 5) is 15.8. The van der Waals surface area contributed by atoms with Crippen molar-refractivity contribution in [3.8, 4) is 0 Å². The van der Waals surface area contributed by atoms with Crippen LogP contribution in [0.4, 0.5) is 11.4 Å². The summed E-state index contributed by atoms with van der Waals surface area (Å²) >= 11 is 0. The zero-order valence-corrected chi connectivity index (χ0v) is 9.40. The van der Waals surface area contributed by atoms with Crippen LogP contribution in [0, 0.1) is 5.92 Å². The van der Waals surface area contributed by atoms with Crippen LogP contribution < -0.4 is 9.80 Å². The van der Waals surface area contributed by atoms with E-state index in [9.17, 15) is 4.79 Å². The normalized spacial score (nSPS) is 21.3. The van der Waals surface area contributed by atoms with Crippen LogP contribution in [0.5, 0.6) is 0 Å². The molecule has 1 atom stereocenters. The highest BCUT2D eigenvalue weighted by Gasteiger charge is 2.26. The quantitative estimate of drug-likeness (QED) is 0.642. The molecule has 1 aromatic rings. The molecule has 1 aliphatic rings. The van der Waals surface area contributed by atoms with Gasteiger partial charge in [0.25, 0.3) is 0 Å². The van der Waals surface area contributed by atoms with Gasteiger partial charge in [-0.15, -0.1) is 0 Å². The summed E-state index contributed by atoms with van der Waals surface area (Å²) in [5.41, 5.74) is 2.12. The topological polar surface area (TPSA) is 23.6 Å². The van der Waals surface area contributed by atoms with E-state index in [-0.39, 0.29) is 11.8 Å². The molecular formula is C12H16N2O. The van der Waals surface area contributed by atoms with Crippen LogP contribution in [0.2, 0.25) is 0 Å². The Morgan fingerprint density at radius 3 is 2.47 bits per heavy atom. The van der Waals surface area contributed by atoms with Gasteiger partial charge in [0.15, 0.2) is 0 Å². The summed E-state index contributed by atoms with van der Waals surface area (Å²) in [6.07, 6.45) is 0. The lowest BCUT2D eigenvalue weighted by Gasteiger charge is -2.20. The number of para-hydroxylation sites is 2. The van der Waals surface area contributed by atoms with Crippen molar-refractivity contribution in [3.05, 3.63) is 24.3 Å². The van der Waals surface area contributed by atoms with E-state index < -0.39 is 0 Å². The number of anilines is 2. The summed E-state index contributed by atoms with van der Waals surface area (Å²) in [5, 5.41) is 0. The van der Waals surface area contributed by atoms with Crippen LogP contribution in [0.3, 0.4) is 0 Å². The second-order valence-corrected chi connectivity index (χ2v) is 4.17. The molecule has 1 aromatic carbocycles. The van der Waals surface area contributed by atoms with Crippen LogP contribution in [0.1, 0.15) is 6.92 Å².